The van der Waals surface area contributed by atoms with Gasteiger partial charge in [0.2, 0.25) is 11.8 Å². The Hall–Kier alpha value is -3.40. The highest BCUT2D eigenvalue weighted by Crippen LogP contribution is 2.19. The third-order valence-electron chi connectivity index (χ3n) is 6.00. The van der Waals surface area contributed by atoms with Crippen molar-refractivity contribution in [2.24, 2.45) is 5.92 Å². The van der Waals surface area contributed by atoms with E-state index in [4.69, 9.17) is 0 Å². The van der Waals surface area contributed by atoms with Gasteiger partial charge in [-0.25, -0.2) is 0 Å². The molecule has 0 aliphatic carbocycles. The lowest BCUT2D eigenvalue weighted by Crippen LogP contribution is -2.51. The minimum atomic E-state index is -0.599. The van der Waals surface area contributed by atoms with Crippen molar-refractivity contribution in [3.05, 3.63) is 107 Å². The van der Waals surface area contributed by atoms with Crippen LogP contribution in [0, 0.1) is 19.8 Å². The van der Waals surface area contributed by atoms with Crippen LogP contribution in [-0.2, 0) is 29.0 Å². The SMILES string of the molecule is Cc1cccc(CC(=O)N(Cc2ccccc2C)[C@H](Cc2ccccc2)C(=O)NCC(C)C)c1. The smallest absolute Gasteiger partial charge is 0.243 e. The van der Waals surface area contributed by atoms with Crippen molar-refractivity contribution >= 4 is 11.8 Å². The number of benzene rings is 3. The Bertz CT molecular complexity index is 1090. The first-order valence-corrected chi connectivity index (χ1v) is 12.0. The average molecular weight is 457 g/mol. The number of nitrogens with one attached hydrogen (secondary N) is 1. The summed E-state index contributed by atoms with van der Waals surface area (Å²) in [6, 6.07) is 25.4. The van der Waals surface area contributed by atoms with Gasteiger partial charge in [0, 0.05) is 19.5 Å². The minimum Gasteiger partial charge on any atom is -0.354 e. The molecular formula is C30H36N2O2. The quantitative estimate of drug-likeness (QED) is 0.452. The number of hydrogen-bond donors (Lipinski definition) is 1. The fourth-order valence-corrected chi connectivity index (χ4v) is 4.05. The molecule has 0 radical (unpaired) electrons. The molecule has 0 saturated carbocycles. The fraction of sp³-hybridized carbons (Fsp3) is 0.333. The van der Waals surface area contributed by atoms with Crippen LogP contribution in [0.25, 0.3) is 0 Å². The Labute approximate surface area is 204 Å². The summed E-state index contributed by atoms with van der Waals surface area (Å²) < 4.78 is 0. The Morgan fingerprint density at radius 1 is 0.853 bits per heavy atom. The molecule has 0 saturated heterocycles. The largest absolute Gasteiger partial charge is 0.354 e. The fourth-order valence-electron chi connectivity index (χ4n) is 4.05. The molecule has 4 nitrogen and oxygen atoms in total. The molecular weight excluding hydrogens is 420 g/mol. The number of nitrogens with zero attached hydrogens (tertiary/aromatic N) is 1. The van der Waals surface area contributed by atoms with Gasteiger partial charge in [0.1, 0.15) is 6.04 Å². The van der Waals surface area contributed by atoms with E-state index < -0.39 is 6.04 Å². The summed E-state index contributed by atoms with van der Waals surface area (Å²) in [6.07, 6.45) is 0.729. The lowest BCUT2D eigenvalue weighted by atomic mass is 10.00. The predicted octanol–water partition coefficient (Wildman–Crippen LogP) is 5.26. The highest BCUT2D eigenvalue weighted by molar-refractivity contribution is 5.88. The van der Waals surface area contributed by atoms with E-state index in [1.165, 1.54) is 0 Å². The summed E-state index contributed by atoms with van der Waals surface area (Å²) in [7, 11) is 0. The van der Waals surface area contributed by atoms with Crippen molar-refractivity contribution in [2.75, 3.05) is 6.54 Å². The van der Waals surface area contributed by atoms with Gasteiger partial charge in [-0.15, -0.1) is 0 Å². The maximum absolute atomic E-state index is 13.8. The van der Waals surface area contributed by atoms with Crippen LogP contribution in [-0.4, -0.2) is 29.3 Å². The summed E-state index contributed by atoms with van der Waals surface area (Å²) in [4.78, 5) is 29.0. The van der Waals surface area contributed by atoms with E-state index >= 15 is 0 Å². The molecule has 2 amide bonds. The lowest BCUT2D eigenvalue weighted by molar-refractivity contribution is -0.140. The van der Waals surface area contributed by atoms with E-state index in [1.54, 1.807) is 4.90 Å². The summed E-state index contributed by atoms with van der Waals surface area (Å²) in [5, 5.41) is 3.08. The molecule has 0 bridgehead atoms. The third kappa shape index (κ3) is 7.31. The zero-order chi connectivity index (χ0) is 24.5. The van der Waals surface area contributed by atoms with Crippen molar-refractivity contribution in [1.82, 2.24) is 10.2 Å². The van der Waals surface area contributed by atoms with Crippen molar-refractivity contribution in [2.45, 2.75) is 53.1 Å². The molecule has 3 aromatic rings. The van der Waals surface area contributed by atoms with Crippen molar-refractivity contribution < 1.29 is 9.59 Å². The van der Waals surface area contributed by atoms with Gasteiger partial charge in [-0.3, -0.25) is 9.59 Å². The van der Waals surface area contributed by atoms with Crippen LogP contribution in [0.5, 0.6) is 0 Å². The summed E-state index contributed by atoms with van der Waals surface area (Å²) in [5.41, 5.74) is 5.27. The number of carbonyl (C=O) groups excluding carboxylic acids is 2. The van der Waals surface area contributed by atoms with Crippen LogP contribution in [0.3, 0.4) is 0 Å². The average Bonchev–Trinajstić information content (AvgIpc) is 2.81. The topological polar surface area (TPSA) is 49.4 Å². The maximum atomic E-state index is 13.8. The standard InChI is InChI=1S/C30H36N2O2/c1-22(2)20-31-30(34)28(18-25-13-6-5-7-14-25)32(21-27-16-9-8-12-24(27)4)29(33)19-26-15-10-11-23(3)17-26/h5-17,22,28H,18-21H2,1-4H3,(H,31,34)/t28-/m1/s1. The number of rotatable bonds is 10. The van der Waals surface area contributed by atoms with Gasteiger partial charge in [-0.2, -0.15) is 0 Å². The molecule has 1 atom stereocenters. The van der Waals surface area contributed by atoms with Gasteiger partial charge in [-0.05, 0) is 42.0 Å². The van der Waals surface area contributed by atoms with E-state index in [1.807, 2.05) is 92.7 Å². The Kier molecular flexibility index (Phi) is 9.03. The molecule has 34 heavy (non-hydrogen) atoms. The summed E-state index contributed by atoms with van der Waals surface area (Å²) >= 11 is 0. The number of carbonyl (C=O) groups is 2. The Balaban J connectivity index is 1.97. The van der Waals surface area contributed by atoms with E-state index in [2.05, 4.69) is 19.2 Å². The van der Waals surface area contributed by atoms with Gasteiger partial charge in [0.15, 0.2) is 0 Å². The summed E-state index contributed by atoms with van der Waals surface area (Å²) in [5.74, 6) is 0.173. The van der Waals surface area contributed by atoms with Crippen LogP contribution in [0.1, 0.15) is 41.7 Å². The van der Waals surface area contributed by atoms with Gasteiger partial charge in [0.05, 0.1) is 6.42 Å². The zero-order valence-corrected chi connectivity index (χ0v) is 20.8. The molecule has 178 valence electrons. The molecule has 0 unspecified atom stereocenters. The molecule has 0 aliphatic heterocycles. The van der Waals surface area contributed by atoms with Crippen LogP contribution < -0.4 is 5.32 Å². The van der Waals surface area contributed by atoms with Crippen LogP contribution in [0.2, 0.25) is 0 Å². The Morgan fingerprint density at radius 3 is 2.21 bits per heavy atom. The van der Waals surface area contributed by atoms with Crippen LogP contribution in [0.4, 0.5) is 0 Å². The molecule has 0 aromatic heterocycles. The van der Waals surface area contributed by atoms with Crippen molar-refractivity contribution in [3.8, 4) is 0 Å². The first kappa shape index (κ1) is 25.2. The molecule has 3 rings (SSSR count). The van der Waals surface area contributed by atoms with E-state index in [9.17, 15) is 9.59 Å². The normalized spacial score (nSPS) is 11.8. The minimum absolute atomic E-state index is 0.0468. The first-order chi connectivity index (χ1) is 16.3. The predicted molar refractivity (Wildman–Crippen MR) is 138 cm³/mol. The van der Waals surface area contributed by atoms with Crippen molar-refractivity contribution in [1.29, 1.82) is 0 Å². The molecule has 0 heterocycles. The molecule has 0 fully saturated rings. The van der Waals surface area contributed by atoms with Gasteiger partial charge < -0.3 is 10.2 Å². The number of aryl methyl sites for hydroxylation is 2. The highest BCUT2D eigenvalue weighted by atomic mass is 16.2. The maximum Gasteiger partial charge on any atom is 0.243 e. The molecule has 0 spiro atoms. The monoisotopic (exact) mass is 456 g/mol. The second-order valence-corrected chi connectivity index (χ2v) is 9.46. The van der Waals surface area contributed by atoms with E-state index in [-0.39, 0.29) is 18.2 Å². The molecule has 3 aromatic carbocycles. The first-order valence-electron chi connectivity index (χ1n) is 12.0. The van der Waals surface area contributed by atoms with E-state index in [0.29, 0.717) is 25.4 Å². The summed E-state index contributed by atoms with van der Waals surface area (Å²) in [6.45, 7) is 9.18. The zero-order valence-electron chi connectivity index (χ0n) is 20.8. The van der Waals surface area contributed by atoms with Gasteiger partial charge in [0.25, 0.3) is 0 Å². The molecule has 4 heteroatoms. The second kappa shape index (κ2) is 12.2. The highest BCUT2D eigenvalue weighted by Gasteiger charge is 2.30. The Morgan fingerprint density at radius 2 is 1.53 bits per heavy atom. The van der Waals surface area contributed by atoms with Crippen LogP contribution >= 0.6 is 0 Å². The van der Waals surface area contributed by atoms with E-state index in [0.717, 1.165) is 27.8 Å². The number of amides is 2. The van der Waals surface area contributed by atoms with Crippen molar-refractivity contribution in [3.63, 3.8) is 0 Å². The molecule has 1 N–H and O–H groups in total. The second-order valence-electron chi connectivity index (χ2n) is 9.46. The van der Waals surface area contributed by atoms with Gasteiger partial charge in [-0.1, -0.05) is 98.3 Å². The number of hydrogen-bond acceptors (Lipinski definition) is 2. The molecule has 0 aliphatic rings. The van der Waals surface area contributed by atoms with Gasteiger partial charge >= 0.3 is 0 Å². The lowest BCUT2D eigenvalue weighted by Gasteiger charge is -2.32. The third-order valence-corrected chi connectivity index (χ3v) is 6.00. The van der Waals surface area contributed by atoms with Crippen LogP contribution in [0.15, 0.2) is 78.9 Å².